The van der Waals surface area contributed by atoms with Gasteiger partial charge in [0.15, 0.2) is 0 Å². The van der Waals surface area contributed by atoms with Gasteiger partial charge in [-0.2, -0.15) is 0 Å². The topological polar surface area (TPSA) is 41.0 Å². The van der Waals surface area contributed by atoms with Crippen LogP contribution in [0.5, 0.6) is 0 Å². The lowest BCUT2D eigenvalue weighted by atomic mass is 10.0. The first-order chi connectivity index (χ1) is 10.7. The highest BCUT2D eigenvalue weighted by Gasteiger charge is 2.17. The fraction of sp³-hybridized carbons (Fsp3) is 0.444. The van der Waals surface area contributed by atoms with Crippen molar-refractivity contribution in [1.29, 1.82) is 0 Å². The van der Waals surface area contributed by atoms with Gasteiger partial charge in [-0.15, -0.1) is 0 Å². The van der Waals surface area contributed by atoms with Crippen LogP contribution in [-0.2, 0) is 6.42 Å². The van der Waals surface area contributed by atoms with Gasteiger partial charge >= 0.3 is 0 Å². The number of hydrogen-bond donors (Lipinski definition) is 1. The number of aromatic nitrogens is 2. The molecule has 1 aromatic heterocycles. The summed E-state index contributed by atoms with van der Waals surface area (Å²) >= 11 is 0. The molecule has 1 aliphatic heterocycles. The smallest absolute Gasteiger partial charge is 0.135 e. The lowest BCUT2D eigenvalue weighted by Gasteiger charge is -2.31. The van der Waals surface area contributed by atoms with E-state index in [9.17, 15) is 0 Å². The minimum Gasteiger partial charge on any atom is -0.356 e. The Kier molecular flexibility index (Phi) is 4.56. The molecule has 4 nitrogen and oxygen atoms in total. The first-order valence-electron chi connectivity index (χ1n) is 8.17. The molecule has 22 heavy (non-hydrogen) atoms. The number of benzene rings is 1. The first-order valence-corrected chi connectivity index (χ1v) is 8.17. The predicted molar refractivity (Wildman–Crippen MR) is 91.7 cm³/mol. The number of hydrogen-bond acceptors (Lipinski definition) is 4. The number of nitrogens with one attached hydrogen (secondary N) is 1. The highest BCUT2D eigenvalue weighted by atomic mass is 15.2. The Balaban J connectivity index is 1.72. The van der Waals surface area contributed by atoms with Gasteiger partial charge in [-0.25, -0.2) is 9.97 Å². The van der Waals surface area contributed by atoms with Crippen LogP contribution in [0.3, 0.4) is 0 Å². The summed E-state index contributed by atoms with van der Waals surface area (Å²) in [4.78, 5) is 11.1. The van der Waals surface area contributed by atoms with Crippen LogP contribution in [-0.4, -0.2) is 23.1 Å². The monoisotopic (exact) mass is 296 g/mol. The van der Waals surface area contributed by atoms with Crippen LogP contribution in [0.2, 0.25) is 0 Å². The Morgan fingerprint density at radius 1 is 1.23 bits per heavy atom. The van der Waals surface area contributed by atoms with E-state index in [1.54, 1.807) is 6.33 Å². The quantitative estimate of drug-likeness (QED) is 0.925. The van der Waals surface area contributed by atoms with E-state index >= 15 is 0 Å². The van der Waals surface area contributed by atoms with E-state index in [1.165, 1.54) is 18.4 Å². The van der Waals surface area contributed by atoms with Crippen molar-refractivity contribution >= 4 is 17.3 Å². The Bertz CT molecular complexity index is 609. The second kappa shape index (κ2) is 6.77. The third-order valence-electron chi connectivity index (χ3n) is 4.27. The summed E-state index contributed by atoms with van der Waals surface area (Å²) in [5.41, 5.74) is 2.41. The van der Waals surface area contributed by atoms with Gasteiger partial charge in [-0.05, 0) is 42.9 Å². The molecule has 2 aromatic rings. The molecule has 1 aliphatic rings. The molecule has 4 heteroatoms. The van der Waals surface area contributed by atoms with Gasteiger partial charge in [0.2, 0.25) is 0 Å². The lowest BCUT2D eigenvalue weighted by molar-refractivity contribution is 0.444. The summed E-state index contributed by atoms with van der Waals surface area (Å²) in [7, 11) is 0. The summed E-state index contributed by atoms with van der Waals surface area (Å²) < 4.78 is 0. The molecule has 0 saturated carbocycles. The zero-order valence-electron chi connectivity index (χ0n) is 13.4. The minimum atomic E-state index is 0.738. The third-order valence-corrected chi connectivity index (χ3v) is 4.27. The van der Waals surface area contributed by atoms with E-state index in [2.05, 4.69) is 58.3 Å². The minimum absolute atomic E-state index is 0.738. The van der Waals surface area contributed by atoms with Crippen LogP contribution < -0.4 is 10.2 Å². The zero-order chi connectivity index (χ0) is 15.4. The predicted octanol–water partition coefficient (Wildman–Crippen LogP) is 4.02. The Morgan fingerprint density at radius 2 is 2.05 bits per heavy atom. The Hall–Kier alpha value is -2.10. The van der Waals surface area contributed by atoms with Gasteiger partial charge in [0, 0.05) is 24.8 Å². The zero-order valence-corrected chi connectivity index (χ0v) is 13.4. The van der Waals surface area contributed by atoms with Crippen LogP contribution in [0.25, 0.3) is 0 Å². The molecule has 0 bridgehead atoms. The van der Waals surface area contributed by atoms with Crippen molar-refractivity contribution in [2.24, 2.45) is 5.92 Å². The molecule has 1 aromatic carbocycles. The molecule has 1 unspecified atom stereocenters. The molecule has 0 aliphatic carbocycles. The SMILES string of the molecule is CCc1ccc(Nc2cc(N3CCCC(C)C3)ncn2)cc1. The molecule has 3 rings (SSSR count). The Morgan fingerprint density at radius 3 is 2.77 bits per heavy atom. The van der Waals surface area contributed by atoms with Crippen molar-refractivity contribution in [3.63, 3.8) is 0 Å². The fourth-order valence-corrected chi connectivity index (χ4v) is 2.96. The van der Waals surface area contributed by atoms with Crippen molar-refractivity contribution < 1.29 is 0 Å². The second-order valence-electron chi connectivity index (χ2n) is 6.13. The number of aryl methyl sites for hydroxylation is 1. The highest BCUT2D eigenvalue weighted by molar-refractivity contribution is 5.59. The molecule has 1 N–H and O–H groups in total. The van der Waals surface area contributed by atoms with Gasteiger partial charge in [-0.1, -0.05) is 26.0 Å². The molecular weight excluding hydrogens is 272 g/mol. The molecule has 1 saturated heterocycles. The summed E-state index contributed by atoms with van der Waals surface area (Å²) in [5.74, 6) is 2.61. The fourth-order valence-electron chi connectivity index (χ4n) is 2.96. The highest BCUT2D eigenvalue weighted by Crippen LogP contribution is 2.23. The summed E-state index contributed by atoms with van der Waals surface area (Å²) in [6.07, 6.45) is 5.27. The van der Waals surface area contributed by atoms with E-state index < -0.39 is 0 Å². The standard InChI is InChI=1S/C18H24N4/c1-3-15-6-8-16(9-7-15)21-17-11-18(20-13-19-17)22-10-4-5-14(2)12-22/h6-9,11,13-14H,3-5,10,12H2,1-2H3,(H,19,20,21). The largest absolute Gasteiger partial charge is 0.356 e. The van der Waals surface area contributed by atoms with Gasteiger partial charge in [0.25, 0.3) is 0 Å². The average molecular weight is 296 g/mol. The Labute approximate surface area is 132 Å². The van der Waals surface area contributed by atoms with Gasteiger partial charge in [0.1, 0.15) is 18.0 Å². The van der Waals surface area contributed by atoms with E-state index in [1.807, 2.05) is 6.07 Å². The number of rotatable bonds is 4. The van der Waals surface area contributed by atoms with Crippen molar-refractivity contribution in [1.82, 2.24) is 9.97 Å². The maximum Gasteiger partial charge on any atom is 0.135 e. The second-order valence-corrected chi connectivity index (χ2v) is 6.13. The van der Waals surface area contributed by atoms with Crippen LogP contribution in [0.15, 0.2) is 36.7 Å². The number of piperidine rings is 1. The lowest BCUT2D eigenvalue weighted by Crippen LogP contribution is -2.34. The van der Waals surface area contributed by atoms with Gasteiger partial charge in [-0.3, -0.25) is 0 Å². The van der Waals surface area contributed by atoms with E-state index in [-0.39, 0.29) is 0 Å². The van der Waals surface area contributed by atoms with Crippen molar-refractivity contribution in [2.45, 2.75) is 33.1 Å². The van der Waals surface area contributed by atoms with Crippen LogP contribution in [0.4, 0.5) is 17.3 Å². The summed E-state index contributed by atoms with van der Waals surface area (Å²) in [5, 5.41) is 3.37. The maximum atomic E-state index is 4.44. The van der Waals surface area contributed by atoms with Crippen molar-refractivity contribution in [3.8, 4) is 0 Å². The summed E-state index contributed by atoms with van der Waals surface area (Å²) in [6.45, 7) is 6.65. The van der Waals surface area contributed by atoms with E-state index in [4.69, 9.17) is 0 Å². The normalized spacial score (nSPS) is 18.3. The number of anilines is 3. The average Bonchev–Trinajstić information content (AvgIpc) is 2.56. The molecule has 0 radical (unpaired) electrons. The molecule has 0 spiro atoms. The van der Waals surface area contributed by atoms with Crippen LogP contribution >= 0.6 is 0 Å². The van der Waals surface area contributed by atoms with Crippen LogP contribution in [0.1, 0.15) is 32.3 Å². The van der Waals surface area contributed by atoms with Gasteiger partial charge < -0.3 is 10.2 Å². The molecule has 0 amide bonds. The number of nitrogens with zero attached hydrogens (tertiary/aromatic N) is 3. The molecule has 1 atom stereocenters. The maximum absolute atomic E-state index is 4.44. The van der Waals surface area contributed by atoms with Crippen LogP contribution in [0, 0.1) is 5.92 Å². The third kappa shape index (κ3) is 3.56. The van der Waals surface area contributed by atoms with Crippen molar-refractivity contribution in [3.05, 3.63) is 42.2 Å². The molecule has 2 heterocycles. The summed E-state index contributed by atoms with van der Waals surface area (Å²) in [6, 6.07) is 10.5. The molecule has 1 fully saturated rings. The molecular formula is C18H24N4. The first kappa shape index (κ1) is 14.8. The van der Waals surface area contributed by atoms with E-state index in [0.29, 0.717) is 0 Å². The van der Waals surface area contributed by atoms with Crippen molar-refractivity contribution in [2.75, 3.05) is 23.3 Å². The van der Waals surface area contributed by atoms with Gasteiger partial charge in [0.05, 0.1) is 0 Å². The molecule has 116 valence electrons. The van der Waals surface area contributed by atoms with E-state index in [0.717, 1.165) is 42.8 Å².